The second-order valence-corrected chi connectivity index (χ2v) is 10.7. The first-order valence-electron chi connectivity index (χ1n) is 15.5. The molecule has 7 N–H and O–H groups in total. The van der Waals surface area contributed by atoms with Gasteiger partial charge in [-0.15, -0.1) is 0 Å². The van der Waals surface area contributed by atoms with E-state index in [9.17, 15) is 35.9 Å². The standard InChI is InChI=1S/C28H54F6N6O2/c29-27(30,31)25(41)38-20-12-3-5-14-22-40(23-15-6-4-13-21-39-26(42)28(32,33)34)24(16-8-7-10-18-36)37-19-11-2-1-9-17-35/h24,37H,1-23,35-36H2,(H,38,41)(H,39,42). The fourth-order valence-corrected chi connectivity index (χ4v) is 4.58. The number of nitrogens with two attached hydrogens (primary N) is 2. The second kappa shape index (κ2) is 24.8. The average molecular weight is 621 g/mol. The molecule has 0 fully saturated rings. The number of halogens is 6. The lowest BCUT2D eigenvalue weighted by Gasteiger charge is -2.33. The lowest BCUT2D eigenvalue weighted by atomic mass is 10.1. The maximum Gasteiger partial charge on any atom is 0.471 e. The minimum absolute atomic E-state index is 0.0129. The van der Waals surface area contributed by atoms with E-state index in [1.165, 1.54) is 0 Å². The minimum atomic E-state index is -4.87. The zero-order valence-electron chi connectivity index (χ0n) is 25.0. The Labute approximate surface area is 247 Å². The number of rotatable bonds is 27. The van der Waals surface area contributed by atoms with E-state index in [1.807, 2.05) is 10.6 Å². The molecule has 1 atom stereocenters. The molecule has 2 amide bonds. The topological polar surface area (TPSA) is 126 Å². The molecule has 42 heavy (non-hydrogen) atoms. The molecule has 14 heteroatoms. The summed E-state index contributed by atoms with van der Waals surface area (Å²) in [5.41, 5.74) is 11.2. The van der Waals surface area contributed by atoms with Crippen LogP contribution in [0.2, 0.25) is 0 Å². The van der Waals surface area contributed by atoms with Gasteiger partial charge in [0.15, 0.2) is 0 Å². The maximum atomic E-state index is 12.3. The van der Waals surface area contributed by atoms with Gasteiger partial charge in [-0.05, 0) is 84.1 Å². The minimum Gasteiger partial charge on any atom is -0.348 e. The molecule has 0 saturated carbocycles. The molecule has 0 heterocycles. The summed E-state index contributed by atoms with van der Waals surface area (Å²) < 4.78 is 73.9. The van der Waals surface area contributed by atoms with Gasteiger partial charge in [-0.1, -0.05) is 51.4 Å². The Morgan fingerprint density at radius 2 is 0.929 bits per heavy atom. The van der Waals surface area contributed by atoms with Crippen LogP contribution >= 0.6 is 0 Å². The number of nitrogens with zero attached hydrogens (tertiary/aromatic N) is 1. The van der Waals surface area contributed by atoms with Gasteiger partial charge in [0.05, 0.1) is 6.17 Å². The van der Waals surface area contributed by atoms with Crippen molar-refractivity contribution in [3.05, 3.63) is 0 Å². The van der Waals surface area contributed by atoms with Crippen LogP contribution in [0.4, 0.5) is 26.3 Å². The van der Waals surface area contributed by atoms with Crippen LogP contribution in [-0.2, 0) is 9.59 Å². The number of carbonyl (C=O) groups is 2. The Hall–Kier alpha value is -1.64. The van der Waals surface area contributed by atoms with Crippen LogP contribution in [0.25, 0.3) is 0 Å². The SMILES string of the molecule is NCCCCCCNC(CCCCCN)N(CCCCCCNC(=O)C(F)(F)F)CCCCCCNC(=O)C(F)(F)F. The van der Waals surface area contributed by atoms with Crippen molar-refractivity contribution in [2.24, 2.45) is 11.5 Å². The van der Waals surface area contributed by atoms with Gasteiger partial charge in [-0.2, -0.15) is 26.3 Å². The van der Waals surface area contributed by atoms with Crippen LogP contribution in [0, 0.1) is 0 Å². The van der Waals surface area contributed by atoms with Crippen molar-refractivity contribution in [3.8, 4) is 0 Å². The molecule has 0 bridgehead atoms. The molecule has 0 radical (unpaired) electrons. The Morgan fingerprint density at radius 3 is 1.36 bits per heavy atom. The number of hydrogen-bond donors (Lipinski definition) is 5. The van der Waals surface area contributed by atoms with Crippen molar-refractivity contribution >= 4 is 11.8 Å². The smallest absolute Gasteiger partial charge is 0.348 e. The molecular formula is C28H54F6N6O2. The number of nitrogens with one attached hydrogen (secondary N) is 3. The number of unbranched alkanes of at least 4 members (excludes halogenated alkanes) is 11. The van der Waals surface area contributed by atoms with Crippen molar-refractivity contribution in [2.75, 3.05) is 45.8 Å². The van der Waals surface area contributed by atoms with E-state index < -0.39 is 24.2 Å². The molecule has 0 aromatic rings. The predicted molar refractivity (Wildman–Crippen MR) is 153 cm³/mol. The third-order valence-corrected chi connectivity index (χ3v) is 6.96. The van der Waals surface area contributed by atoms with E-state index in [0.717, 1.165) is 96.7 Å². The zero-order valence-corrected chi connectivity index (χ0v) is 25.0. The molecule has 0 aromatic carbocycles. The van der Waals surface area contributed by atoms with Gasteiger partial charge in [0, 0.05) is 13.1 Å². The van der Waals surface area contributed by atoms with Gasteiger partial charge in [0.1, 0.15) is 0 Å². The van der Waals surface area contributed by atoms with Crippen LogP contribution < -0.4 is 27.4 Å². The normalized spacial score (nSPS) is 13.0. The van der Waals surface area contributed by atoms with E-state index >= 15 is 0 Å². The summed E-state index contributed by atoms with van der Waals surface area (Å²) in [5.74, 6) is -3.83. The summed E-state index contributed by atoms with van der Waals surface area (Å²) in [4.78, 5) is 24.3. The Balaban J connectivity index is 4.81. The molecular weight excluding hydrogens is 566 g/mol. The molecule has 1 unspecified atom stereocenters. The van der Waals surface area contributed by atoms with Crippen molar-refractivity contribution in [1.29, 1.82) is 0 Å². The van der Waals surface area contributed by atoms with Gasteiger partial charge in [-0.3, -0.25) is 14.5 Å². The second-order valence-electron chi connectivity index (χ2n) is 10.7. The van der Waals surface area contributed by atoms with Crippen LogP contribution in [0.1, 0.15) is 103 Å². The number of amides is 2. The van der Waals surface area contributed by atoms with Gasteiger partial charge in [-0.25, -0.2) is 0 Å². The van der Waals surface area contributed by atoms with Crippen molar-refractivity contribution in [2.45, 2.75) is 121 Å². The monoisotopic (exact) mass is 620 g/mol. The number of carbonyl (C=O) groups excluding carboxylic acids is 2. The van der Waals surface area contributed by atoms with E-state index in [1.54, 1.807) is 0 Å². The third kappa shape index (κ3) is 22.9. The highest BCUT2D eigenvalue weighted by Crippen LogP contribution is 2.16. The van der Waals surface area contributed by atoms with E-state index in [-0.39, 0.29) is 19.3 Å². The fraction of sp³-hybridized carbons (Fsp3) is 0.929. The Kier molecular flexibility index (Phi) is 23.8. The average Bonchev–Trinajstić information content (AvgIpc) is 2.92. The van der Waals surface area contributed by atoms with Crippen LogP contribution in [-0.4, -0.2) is 81.0 Å². The lowest BCUT2D eigenvalue weighted by Crippen LogP contribution is -2.47. The van der Waals surface area contributed by atoms with Gasteiger partial charge >= 0.3 is 24.2 Å². The summed E-state index contributed by atoms with van der Waals surface area (Å²) in [5, 5.41) is 7.50. The van der Waals surface area contributed by atoms with Crippen molar-refractivity contribution < 1.29 is 35.9 Å². The van der Waals surface area contributed by atoms with Crippen LogP contribution in [0.5, 0.6) is 0 Å². The molecule has 0 aliphatic rings. The molecule has 0 rings (SSSR count). The molecule has 250 valence electrons. The summed E-state index contributed by atoms with van der Waals surface area (Å²) in [6, 6.07) is 0. The fourth-order valence-electron chi connectivity index (χ4n) is 4.58. The molecule has 0 saturated heterocycles. The summed E-state index contributed by atoms with van der Waals surface area (Å²) in [6.07, 6.45) is 4.32. The van der Waals surface area contributed by atoms with Crippen molar-refractivity contribution in [1.82, 2.24) is 20.9 Å². The first-order chi connectivity index (χ1) is 19.9. The lowest BCUT2D eigenvalue weighted by molar-refractivity contribution is -0.173. The highest BCUT2D eigenvalue weighted by atomic mass is 19.4. The van der Waals surface area contributed by atoms with Gasteiger partial charge < -0.3 is 27.4 Å². The first kappa shape index (κ1) is 40.4. The van der Waals surface area contributed by atoms with Crippen LogP contribution in [0.3, 0.4) is 0 Å². The molecule has 0 spiro atoms. The quantitative estimate of drug-likeness (QED) is 0.0514. The maximum absolute atomic E-state index is 12.3. The Morgan fingerprint density at radius 1 is 0.548 bits per heavy atom. The van der Waals surface area contributed by atoms with E-state index in [2.05, 4.69) is 10.2 Å². The predicted octanol–water partition coefficient (Wildman–Crippen LogP) is 4.72. The third-order valence-electron chi connectivity index (χ3n) is 6.96. The molecule has 0 aromatic heterocycles. The first-order valence-corrected chi connectivity index (χ1v) is 15.5. The summed E-state index contributed by atoms with van der Waals surface area (Å²) in [7, 11) is 0. The zero-order chi connectivity index (χ0) is 31.7. The highest BCUT2D eigenvalue weighted by Gasteiger charge is 2.38. The van der Waals surface area contributed by atoms with Gasteiger partial charge in [0.2, 0.25) is 0 Å². The van der Waals surface area contributed by atoms with Crippen molar-refractivity contribution in [3.63, 3.8) is 0 Å². The molecule has 0 aliphatic heterocycles. The van der Waals surface area contributed by atoms with Gasteiger partial charge in [0.25, 0.3) is 0 Å². The molecule has 8 nitrogen and oxygen atoms in total. The summed E-state index contributed by atoms with van der Waals surface area (Å²) >= 11 is 0. The van der Waals surface area contributed by atoms with E-state index in [0.29, 0.717) is 38.8 Å². The molecule has 0 aliphatic carbocycles. The Bertz CT molecular complexity index is 642. The highest BCUT2D eigenvalue weighted by molar-refractivity contribution is 5.81. The number of alkyl halides is 6. The van der Waals surface area contributed by atoms with E-state index in [4.69, 9.17) is 11.5 Å². The number of hydrogen-bond acceptors (Lipinski definition) is 6. The van der Waals surface area contributed by atoms with Crippen LogP contribution in [0.15, 0.2) is 0 Å². The largest absolute Gasteiger partial charge is 0.471 e. The summed E-state index contributed by atoms with van der Waals surface area (Å²) in [6.45, 7) is 3.79.